The van der Waals surface area contributed by atoms with Crippen LogP contribution in [0.5, 0.6) is 0 Å². The van der Waals surface area contributed by atoms with E-state index in [0.29, 0.717) is 15.6 Å². The number of aromatic nitrogens is 2. The molecule has 0 unspecified atom stereocenters. The first-order valence-electron chi connectivity index (χ1n) is 7.84. The Hall–Kier alpha value is -2.70. The molecule has 3 aromatic rings. The minimum Gasteiger partial charge on any atom is -0.481 e. The van der Waals surface area contributed by atoms with E-state index in [-0.39, 0.29) is 18.7 Å². The van der Waals surface area contributed by atoms with Crippen molar-refractivity contribution in [3.05, 3.63) is 69.5 Å². The second kappa shape index (κ2) is 8.12. The fraction of sp³-hybridized carbons (Fsp3) is 0.105. The number of ketones is 1. The van der Waals surface area contributed by atoms with Crippen LogP contribution in [0.25, 0.3) is 17.3 Å². The molecule has 2 aromatic heterocycles. The van der Waals surface area contributed by atoms with Crippen molar-refractivity contribution in [3.8, 4) is 11.3 Å². The lowest BCUT2D eigenvalue weighted by Crippen LogP contribution is -2.04. The van der Waals surface area contributed by atoms with Gasteiger partial charge in [-0.05, 0) is 35.7 Å². The largest absolute Gasteiger partial charge is 0.481 e. The second-order valence-corrected chi connectivity index (χ2v) is 6.91. The third-order valence-corrected chi connectivity index (χ3v) is 4.78. The Balaban J connectivity index is 1.91. The molecule has 5 nitrogen and oxygen atoms in total. The van der Waals surface area contributed by atoms with E-state index in [1.165, 1.54) is 17.4 Å². The zero-order chi connectivity index (χ0) is 18.5. The maximum absolute atomic E-state index is 12.2. The predicted octanol–water partition coefficient (Wildman–Crippen LogP) is 4.64. The highest BCUT2D eigenvalue weighted by atomic mass is 35.5. The molecule has 2 heterocycles. The van der Waals surface area contributed by atoms with Crippen LogP contribution in [-0.2, 0) is 11.3 Å². The minimum atomic E-state index is -0.890. The van der Waals surface area contributed by atoms with Gasteiger partial charge in [0.1, 0.15) is 0 Å². The number of hydrogen-bond donors (Lipinski definition) is 1. The van der Waals surface area contributed by atoms with Crippen LogP contribution in [0.3, 0.4) is 0 Å². The molecule has 132 valence electrons. The summed E-state index contributed by atoms with van der Waals surface area (Å²) < 4.78 is 1.58. The van der Waals surface area contributed by atoms with Crippen molar-refractivity contribution in [2.24, 2.45) is 0 Å². The molecule has 1 aromatic carbocycles. The van der Waals surface area contributed by atoms with Crippen molar-refractivity contribution in [1.29, 1.82) is 0 Å². The lowest BCUT2D eigenvalue weighted by molar-refractivity contribution is -0.137. The normalized spacial score (nSPS) is 11.1. The number of carboxylic acid groups (broad SMARTS) is 1. The highest BCUT2D eigenvalue weighted by Crippen LogP contribution is 2.25. The zero-order valence-electron chi connectivity index (χ0n) is 13.6. The summed E-state index contributed by atoms with van der Waals surface area (Å²) in [5.74, 6) is -0.973. The first-order chi connectivity index (χ1) is 12.5. The number of carbonyl (C=O) groups is 2. The molecule has 0 fully saturated rings. The molecule has 0 atom stereocenters. The molecule has 0 aliphatic carbocycles. The molecule has 26 heavy (non-hydrogen) atoms. The SMILES string of the molecule is O=C(O)CCn1cc(C=CC(=O)c2cccs2)c(-c2ccc(Cl)cc2)n1. The number of carboxylic acids is 1. The Bertz CT molecular complexity index is 944. The molecule has 0 saturated carbocycles. The highest BCUT2D eigenvalue weighted by molar-refractivity contribution is 7.12. The monoisotopic (exact) mass is 386 g/mol. The molecule has 3 rings (SSSR count). The lowest BCUT2D eigenvalue weighted by atomic mass is 10.1. The number of halogens is 1. The van der Waals surface area contributed by atoms with Gasteiger partial charge < -0.3 is 5.11 Å². The zero-order valence-corrected chi connectivity index (χ0v) is 15.2. The van der Waals surface area contributed by atoms with Gasteiger partial charge in [-0.3, -0.25) is 14.3 Å². The van der Waals surface area contributed by atoms with E-state index in [1.807, 2.05) is 23.6 Å². The van der Waals surface area contributed by atoms with Gasteiger partial charge in [0.2, 0.25) is 0 Å². The van der Waals surface area contributed by atoms with Crippen LogP contribution in [0, 0.1) is 0 Å². The van der Waals surface area contributed by atoms with Gasteiger partial charge >= 0.3 is 5.97 Å². The standard InChI is InChI=1S/C19H15ClN2O3S/c20-15-6-3-13(4-7-15)19-14(12-22(21-19)10-9-18(24)25)5-8-16(23)17-2-1-11-26-17/h1-8,11-12H,9-10H2,(H,24,25). The third kappa shape index (κ3) is 4.47. The molecule has 0 saturated heterocycles. The quantitative estimate of drug-likeness (QED) is 0.474. The maximum Gasteiger partial charge on any atom is 0.305 e. The Morgan fingerprint density at radius 2 is 2.00 bits per heavy atom. The van der Waals surface area contributed by atoms with E-state index in [4.69, 9.17) is 16.7 Å². The molecule has 0 aliphatic rings. The van der Waals surface area contributed by atoms with Gasteiger partial charge in [0.05, 0.1) is 23.5 Å². The van der Waals surface area contributed by atoms with E-state index < -0.39 is 5.97 Å². The Kier molecular flexibility index (Phi) is 5.65. The van der Waals surface area contributed by atoms with E-state index >= 15 is 0 Å². The molecular formula is C19H15ClN2O3S. The van der Waals surface area contributed by atoms with Crippen LogP contribution in [-0.4, -0.2) is 26.6 Å². The van der Waals surface area contributed by atoms with Crippen molar-refractivity contribution in [1.82, 2.24) is 9.78 Å². The number of aryl methyl sites for hydroxylation is 1. The van der Waals surface area contributed by atoms with Gasteiger partial charge in [-0.2, -0.15) is 5.10 Å². The second-order valence-electron chi connectivity index (χ2n) is 5.52. The lowest BCUT2D eigenvalue weighted by Gasteiger charge is -2.00. The summed E-state index contributed by atoms with van der Waals surface area (Å²) >= 11 is 7.32. The van der Waals surface area contributed by atoms with Gasteiger partial charge in [0.25, 0.3) is 0 Å². The van der Waals surface area contributed by atoms with Crippen LogP contribution in [0.15, 0.2) is 54.1 Å². The van der Waals surface area contributed by atoms with Crippen LogP contribution in [0.1, 0.15) is 21.7 Å². The minimum absolute atomic E-state index is 0.0288. The van der Waals surface area contributed by atoms with E-state index in [1.54, 1.807) is 35.2 Å². The molecule has 7 heteroatoms. The van der Waals surface area contributed by atoms with Gasteiger partial charge in [-0.15, -0.1) is 11.3 Å². The van der Waals surface area contributed by atoms with E-state index in [2.05, 4.69) is 5.10 Å². The van der Waals surface area contributed by atoms with Crippen LogP contribution < -0.4 is 0 Å². The van der Waals surface area contributed by atoms with Gasteiger partial charge in [-0.25, -0.2) is 0 Å². The van der Waals surface area contributed by atoms with E-state index in [0.717, 1.165) is 11.1 Å². The van der Waals surface area contributed by atoms with E-state index in [9.17, 15) is 9.59 Å². The molecular weight excluding hydrogens is 372 g/mol. The summed E-state index contributed by atoms with van der Waals surface area (Å²) in [5.41, 5.74) is 2.25. The fourth-order valence-electron chi connectivity index (χ4n) is 2.38. The summed E-state index contributed by atoms with van der Waals surface area (Å²) in [6.07, 6.45) is 4.92. The molecule has 0 spiro atoms. The Morgan fingerprint density at radius 3 is 2.65 bits per heavy atom. The van der Waals surface area contributed by atoms with Crippen molar-refractivity contribution < 1.29 is 14.7 Å². The molecule has 0 amide bonds. The Labute approximate surface area is 159 Å². The average Bonchev–Trinajstić information content (AvgIpc) is 3.28. The van der Waals surface area contributed by atoms with Crippen LogP contribution in [0.2, 0.25) is 5.02 Å². The Morgan fingerprint density at radius 1 is 1.23 bits per heavy atom. The number of benzene rings is 1. The summed E-state index contributed by atoms with van der Waals surface area (Å²) in [6.45, 7) is 0.253. The average molecular weight is 387 g/mol. The topological polar surface area (TPSA) is 72.2 Å². The molecule has 0 bridgehead atoms. The first-order valence-corrected chi connectivity index (χ1v) is 9.10. The smallest absolute Gasteiger partial charge is 0.305 e. The summed E-state index contributed by atoms with van der Waals surface area (Å²) in [7, 11) is 0. The van der Waals surface area contributed by atoms with Gasteiger partial charge in [0, 0.05) is 22.3 Å². The number of nitrogens with zero attached hydrogens (tertiary/aromatic N) is 2. The van der Waals surface area contributed by atoms with Crippen molar-refractivity contribution in [2.45, 2.75) is 13.0 Å². The van der Waals surface area contributed by atoms with Crippen molar-refractivity contribution >= 4 is 40.8 Å². The van der Waals surface area contributed by atoms with Gasteiger partial charge in [0.15, 0.2) is 5.78 Å². The summed E-state index contributed by atoms with van der Waals surface area (Å²) in [5, 5.41) is 15.8. The number of rotatable bonds is 7. The first kappa shape index (κ1) is 18.1. The highest BCUT2D eigenvalue weighted by Gasteiger charge is 2.11. The van der Waals surface area contributed by atoms with Crippen molar-refractivity contribution in [3.63, 3.8) is 0 Å². The fourth-order valence-corrected chi connectivity index (χ4v) is 3.15. The molecule has 0 radical (unpaired) electrons. The van der Waals surface area contributed by atoms with Crippen LogP contribution >= 0.6 is 22.9 Å². The summed E-state index contributed by atoms with van der Waals surface area (Å²) in [6, 6.07) is 10.8. The van der Waals surface area contributed by atoms with Crippen LogP contribution in [0.4, 0.5) is 0 Å². The number of thiophene rings is 1. The van der Waals surface area contributed by atoms with Gasteiger partial charge in [-0.1, -0.05) is 29.8 Å². The number of hydrogen-bond acceptors (Lipinski definition) is 4. The number of aliphatic carboxylic acids is 1. The number of carbonyl (C=O) groups excluding carboxylic acids is 1. The molecule has 1 N–H and O–H groups in total. The maximum atomic E-state index is 12.2. The summed E-state index contributed by atoms with van der Waals surface area (Å²) in [4.78, 5) is 23.7. The predicted molar refractivity (Wildman–Crippen MR) is 103 cm³/mol. The molecule has 0 aliphatic heterocycles. The number of allylic oxidation sites excluding steroid dienone is 1. The van der Waals surface area contributed by atoms with Crippen molar-refractivity contribution in [2.75, 3.05) is 0 Å². The third-order valence-electron chi connectivity index (χ3n) is 3.64.